The number of halogens is 2. The zero-order chi connectivity index (χ0) is 10.1. The summed E-state index contributed by atoms with van der Waals surface area (Å²) in [6, 6.07) is 0. The van der Waals surface area contributed by atoms with Crippen molar-refractivity contribution in [3.05, 3.63) is 26.9 Å². The molecule has 0 aliphatic rings. The summed E-state index contributed by atoms with van der Waals surface area (Å²) in [6.07, 6.45) is 3.43. The zero-order valence-corrected chi connectivity index (χ0v) is 9.97. The summed E-state index contributed by atoms with van der Waals surface area (Å²) in [4.78, 5) is 4.72. The smallest absolute Gasteiger partial charge is 0.212 e. The monoisotopic (exact) mass is 293 g/mol. The molecule has 4 nitrogen and oxygen atoms in total. The minimum absolute atomic E-state index is 0.0983. The first-order valence-corrected chi connectivity index (χ1v) is 5.66. The highest BCUT2D eigenvalue weighted by atomic mass is 79.9. The predicted molar refractivity (Wildman–Crippen MR) is 57.9 cm³/mol. The number of hydrogen-bond donors (Lipinski definition) is 1. The first-order valence-electron chi connectivity index (χ1n) is 3.67. The number of aliphatic hydroxyl groups is 1. The first-order chi connectivity index (χ1) is 6.70. The maximum absolute atomic E-state index is 8.93. The average molecular weight is 295 g/mol. The van der Waals surface area contributed by atoms with Crippen LogP contribution in [0.3, 0.4) is 0 Å². The average Bonchev–Trinajstić information content (AvgIpc) is 2.71. The molecule has 14 heavy (non-hydrogen) atoms. The number of rotatable bonds is 2. The summed E-state index contributed by atoms with van der Waals surface area (Å²) in [6.45, 7) is -0.0983. The van der Waals surface area contributed by atoms with Crippen LogP contribution in [0, 0.1) is 0 Å². The normalized spacial score (nSPS) is 10.8. The van der Waals surface area contributed by atoms with Gasteiger partial charge in [0.15, 0.2) is 0 Å². The Morgan fingerprint density at radius 3 is 2.93 bits per heavy atom. The third-order valence-corrected chi connectivity index (χ3v) is 3.39. The lowest BCUT2D eigenvalue weighted by Crippen LogP contribution is -1.91. The Bertz CT molecular complexity index is 455. The summed E-state index contributed by atoms with van der Waals surface area (Å²) in [5.74, 6) is 0. The molecular formula is C7H5BrClN3OS. The fraction of sp³-hybridized carbons (Fsp3) is 0.143. The van der Waals surface area contributed by atoms with Crippen LogP contribution in [0.15, 0.2) is 16.9 Å². The van der Waals surface area contributed by atoms with Gasteiger partial charge in [0.2, 0.25) is 5.13 Å². The van der Waals surface area contributed by atoms with Gasteiger partial charge < -0.3 is 5.11 Å². The van der Waals surface area contributed by atoms with Crippen molar-refractivity contribution in [3.63, 3.8) is 0 Å². The Morgan fingerprint density at radius 1 is 1.64 bits per heavy atom. The number of nitrogens with zero attached hydrogens (tertiary/aromatic N) is 3. The molecular weight excluding hydrogens is 290 g/mol. The van der Waals surface area contributed by atoms with Gasteiger partial charge in [0.05, 0.1) is 22.2 Å². The molecule has 0 radical (unpaired) electrons. The molecule has 0 amide bonds. The van der Waals surface area contributed by atoms with E-state index in [2.05, 4.69) is 26.0 Å². The lowest BCUT2D eigenvalue weighted by Gasteiger charge is -1.90. The van der Waals surface area contributed by atoms with E-state index >= 15 is 0 Å². The predicted octanol–water partition coefficient (Wildman–Crippen LogP) is 2.24. The van der Waals surface area contributed by atoms with E-state index in [0.717, 1.165) is 4.47 Å². The van der Waals surface area contributed by atoms with Crippen molar-refractivity contribution in [1.82, 2.24) is 14.8 Å². The van der Waals surface area contributed by atoms with Crippen LogP contribution in [0.5, 0.6) is 0 Å². The molecule has 0 fully saturated rings. The molecule has 2 aromatic heterocycles. The third kappa shape index (κ3) is 1.83. The van der Waals surface area contributed by atoms with Crippen molar-refractivity contribution in [1.29, 1.82) is 0 Å². The minimum Gasteiger partial charge on any atom is -0.391 e. The van der Waals surface area contributed by atoms with Gasteiger partial charge in [-0.3, -0.25) is 0 Å². The standard InChI is InChI=1S/C7H5BrClN3OS/c8-4-1-10-12(2-4)7-11-6(9)5(3-13)14-7/h1-2,13H,3H2. The van der Waals surface area contributed by atoms with E-state index in [-0.39, 0.29) is 6.61 Å². The number of hydrogen-bond acceptors (Lipinski definition) is 4. The Hall–Kier alpha value is -0.430. The molecule has 2 aromatic rings. The Balaban J connectivity index is 2.42. The topological polar surface area (TPSA) is 50.9 Å². The highest BCUT2D eigenvalue weighted by Gasteiger charge is 2.10. The van der Waals surface area contributed by atoms with Gasteiger partial charge in [-0.25, -0.2) is 9.67 Å². The quantitative estimate of drug-likeness (QED) is 0.924. The van der Waals surface area contributed by atoms with Crippen LogP contribution in [-0.4, -0.2) is 19.9 Å². The van der Waals surface area contributed by atoms with Crippen LogP contribution >= 0.6 is 38.9 Å². The van der Waals surface area contributed by atoms with Crippen molar-refractivity contribution >= 4 is 38.9 Å². The van der Waals surface area contributed by atoms with Gasteiger partial charge in [0, 0.05) is 6.20 Å². The maximum atomic E-state index is 8.93. The van der Waals surface area contributed by atoms with Crippen LogP contribution in [0.4, 0.5) is 0 Å². The van der Waals surface area contributed by atoms with Crippen molar-refractivity contribution in [2.45, 2.75) is 6.61 Å². The molecule has 0 saturated heterocycles. The fourth-order valence-electron chi connectivity index (χ4n) is 0.922. The number of aliphatic hydroxyl groups excluding tert-OH is 1. The van der Waals surface area contributed by atoms with E-state index < -0.39 is 0 Å². The number of aromatic nitrogens is 3. The van der Waals surface area contributed by atoms with Gasteiger partial charge in [-0.05, 0) is 15.9 Å². The first kappa shape index (κ1) is 10.1. The summed E-state index contributed by atoms with van der Waals surface area (Å²) >= 11 is 10.4. The second-order valence-corrected chi connectivity index (χ2v) is 4.81. The van der Waals surface area contributed by atoms with E-state index in [4.69, 9.17) is 16.7 Å². The van der Waals surface area contributed by atoms with Gasteiger partial charge in [-0.2, -0.15) is 5.10 Å². The SMILES string of the molecule is OCc1sc(-n2cc(Br)cn2)nc1Cl. The molecule has 0 bridgehead atoms. The van der Waals surface area contributed by atoms with Crippen LogP contribution < -0.4 is 0 Å². The van der Waals surface area contributed by atoms with Gasteiger partial charge in [-0.1, -0.05) is 22.9 Å². The zero-order valence-electron chi connectivity index (χ0n) is 6.81. The Kier molecular flexibility index (Phi) is 2.87. The molecule has 2 rings (SSSR count). The van der Waals surface area contributed by atoms with Crippen LogP contribution in [0.2, 0.25) is 5.15 Å². The highest BCUT2D eigenvalue weighted by Crippen LogP contribution is 2.25. The van der Waals surface area contributed by atoms with E-state index in [0.29, 0.717) is 15.2 Å². The van der Waals surface area contributed by atoms with Gasteiger partial charge >= 0.3 is 0 Å². The molecule has 0 aromatic carbocycles. The van der Waals surface area contributed by atoms with Gasteiger partial charge in [0.25, 0.3) is 0 Å². The van der Waals surface area contributed by atoms with Crippen LogP contribution in [-0.2, 0) is 6.61 Å². The maximum Gasteiger partial charge on any atom is 0.212 e. The molecule has 1 N–H and O–H groups in total. The number of thiazole rings is 1. The highest BCUT2D eigenvalue weighted by molar-refractivity contribution is 9.10. The van der Waals surface area contributed by atoms with Crippen LogP contribution in [0.1, 0.15) is 4.88 Å². The second-order valence-electron chi connectivity index (χ2n) is 2.47. The minimum atomic E-state index is -0.0983. The molecule has 74 valence electrons. The van der Waals surface area contributed by atoms with E-state index in [9.17, 15) is 0 Å². The van der Waals surface area contributed by atoms with Crippen LogP contribution in [0.25, 0.3) is 5.13 Å². The van der Waals surface area contributed by atoms with Crippen molar-refractivity contribution in [2.24, 2.45) is 0 Å². The van der Waals surface area contributed by atoms with Gasteiger partial charge in [-0.15, -0.1) is 0 Å². The summed E-state index contributed by atoms with van der Waals surface area (Å²) in [7, 11) is 0. The molecule has 7 heteroatoms. The Morgan fingerprint density at radius 2 is 2.43 bits per heavy atom. The lowest BCUT2D eigenvalue weighted by molar-refractivity contribution is 0.285. The van der Waals surface area contributed by atoms with Crippen molar-refractivity contribution in [3.8, 4) is 5.13 Å². The Labute approximate surface area is 97.3 Å². The molecule has 0 aliphatic heterocycles. The third-order valence-electron chi connectivity index (χ3n) is 1.53. The van der Waals surface area contributed by atoms with E-state index in [1.165, 1.54) is 11.3 Å². The largest absolute Gasteiger partial charge is 0.391 e. The second kappa shape index (κ2) is 3.98. The molecule has 0 spiro atoms. The molecule has 0 atom stereocenters. The lowest BCUT2D eigenvalue weighted by atomic mass is 10.6. The van der Waals surface area contributed by atoms with E-state index in [1.807, 2.05) is 0 Å². The summed E-state index contributed by atoms with van der Waals surface area (Å²) in [5.41, 5.74) is 0. The van der Waals surface area contributed by atoms with Crippen molar-refractivity contribution < 1.29 is 5.11 Å². The molecule has 0 aliphatic carbocycles. The van der Waals surface area contributed by atoms with E-state index in [1.54, 1.807) is 17.1 Å². The molecule has 0 saturated carbocycles. The summed E-state index contributed by atoms with van der Waals surface area (Å²) < 4.78 is 2.47. The molecule has 0 unspecified atom stereocenters. The summed E-state index contributed by atoms with van der Waals surface area (Å²) in [5, 5.41) is 14.0. The fourth-order valence-corrected chi connectivity index (χ4v) is 2.26. The van der Waals surface area contributed by atoms with Crippen molar-refractivity contribution in [2.75, 3.05) is 0 Å². The van der Waals surface area contributed by atoms with Gasteiger partial charge in [0.1, 0.15) is 5.15 Å². The molecule has 2 heterocycles.